The lowest BCUT2D eigenvalue weighted by Gasteiger charge is -2.04. The summed E-state index contributed by atoms with van der Waals surface area (Å²) in [4.78, 5) is 10.8. The molecule has 0 unspecified atom stereocenters. The monoisotopic (exact) mass is 158 g/mol. The maximum absolute atomic E-state index is 10.8. The average molecular weight is 158 g/mol. The minimum atomic E-state index is -0.355. The van der Waals surface area contributed by atoms with Crippen LogP contribution in [-0.2, 0) is 14.3 Å². The van der Waals surface area contributed by atoms with E-state index >= 15 is 0 Å². The molecular formula is C8H14O3. The number of rotatable bonds is 3. The predicted octanol–water partition coefficient (Wildman–Crippen LogP) is 1.49. The highest BCUT2D eigenvalue weighted by Gasteiger charge is 2.02. The molecule has 0 rings (SSSR count). The Morgan fingerprint density at radius 1 is 1.27 bits per heavy atom. The Labute approximate surface area is 67.0 Å². The molecule has 0 aliphatic heterocycles. The first-order valence-corrected chi connectivity index (χ1v) is 3.41. The molecule has 11 heavy (non-hydrogen) atoms. The van der Waals surface area contributed by atoms with Gasteiger partial charge in [-0.1, -0.05) is 0 Å². The van der Waals surface area contributed by atoms with Crippen LogP contribution in [0.15, 0.2) is 11.3 Å². The first-order chi connectivity index (χ1) is 5.07. The molecule has 64 valence electrons. The Balaban J connectivity index is 3.86. The van der Waals surface area contributed by atoms with Gasteiger partial charge in [0.25, 0.3) is 0 Å². The molecule has 0 aromatic carbocycles. The predicted molar refractivity (Wildman–Crippen MR) is 42.0 cm³/mol. The van der Waals surface area contributed by atoms with E-state index in [-0.39, 0.29) is 12.6 Å². The van der Waals surface area contributed by atoms with Gasteiger partial charge < -0.3 is 9.47 Å². The van der Waals surface area contributed by atoms with Gasteiger partial charge in [0.1, 0.15) is 12.4 Å². The Kier molecular flexibility index (Phi) is 4.54. The Bertz CT molecular complexity index is 166. The fourth-order valence-electron chi connectivity index (χ4n) is 0.420. The molecule has 0 radical (unpaired) electrons. The summed E-state index contributed by atoms with van der Waals surface area (Å²) in [6.07, 6.45) is 0. The maximum Gasteiger partial charge on any atom is 0.337 e. The van der Waals surface area contributed by atoms with E-state index < -0.39 is 0 Å². The van der Waals surface area contributed by atoms with Crippen molar-refractivity contribution in [3.05, 3.63) is 11.3 Å². The zero-order valence-corrected chi connectivity index (χ0v) is 7.43. The second-order valence-corrected chi connectivity index (χ2v) is 2.46. The van der Waals surface area contributed by atoms with Crippen molar-refractivity contribution in [2.45, 2.75) is 20.8 Å². The van der Waals surface area contributed by atoms with Crippen molar-refractivity contribution >= 4 is 5.97 Å². The summed E-state index contributed by atoms with van der Waals surface area (Å²) in [6.45, 7) is 5.53. The van der Waals surface area contributed by atoms with Crippen LogP contribution in [-0.4, -0.2) is 19.7 Å². The molecule has 0 fully saturated rings. The van der Waals surface area contributed by atoms with Gasteiger partial charge in [0, 0.05) is 7.11 Å². The van der Waals surface area contributed by atoms with Crippen LogP contribution in [0.1, 0.15) is 20.8 Å². The molecule has 0 aromatic rings. The summed E-state index contributed by atoms with van der Waals surface area (Å²) >= 11 is 0. The van der Waals surface area contributed by atoms with E-state index in [9.17, 15) is 4.79 Å². The Hall–Kier alpha value is -0.830. The number of hydrogen-bond acceptors (Lipinski definition) is 3. The largest absolute Gasteiger partial charge is 0.430 e. The molecule has 0 heterocycles. The van der Waals surface area contributed by atoms with Crippen LogP contribution in [0.3, 0.4) is 0 Å². The third-order valence-electron chi connectivity index (χ3n) is 1.23. The molecule has 3 heteroatoms. The molecule has 0 bridgehead atoms. The number of carbonyl (C=O) groups is 1. The summed E-state index contributed by atoms with van der Waals surface area (Å²) in [5.74, 6) is 0.290. The molecule has 0 aliphatic rings. The molecule has 0 aliphatic carbocycles. The number of methoxy groups -OCH3 is 1. The average Bonchev–Trinajstić information content (AvgIpc) is 1.87. The summed E-state index contributed by atoms with van der Waals surface area (Å²) in [7, 11) is 1.46. The van der Waals surface area contributed by atoms with Gasteiger partial charge in [0.2, 0.25) is 0 Å². The highest BCUT2D eigenvalue weighted by atomic mass is 16.6. The van der Waals surface area contributed by atoms with Crippen molar-refractivity contribution in [2.24, 2.45) is 0 Å². The molecule has 0 spiro atoms. The molecule has 3 nitrogen and oxygen atoms in total. The number of carbonyl (C=O) groups excluding carboxylic acids is 1. The van der Waals surface area contributed by atoms with Gasteiger partial charge in [-0.25, -0.2) is 4.79 Å². The number of esters is 1. The van der Waals surface area contributed by atoms with E-state index in [1.54, 1.807) is 6.92 Å². The minimum absolute atomic E-state index is 0.00458. The van der Waals surface area contributed by atoms with Crippen molar-refractivity contribution in [1.82, 2.24) is 0 Å². The molecule has 0 aromatic heterocycles. The van der Waals surface area contributed by atoms with Gasteiger partial charge in [-0.05, 0) is 26.3 Å². The topological polar surface area (TPSA) is 35.5 Å². The molecule has 0 N–H and O–H groups in total. The van der Waals surface area contributed by atoms with E-state index in [4.69, 9.17) is 4.74 Å². The second-order valence-electron chi connectivity index (χ2n) is 2.46. The van der Waals surface area contributed by atoms with E-state index in [0.717, 1.165) is 5.57 Å². The standard InChI is InChI=1S/C8H14O3/c1-6(2)7(3)11-8(9)5-10-4/h5H2,1-4H3. The van der Waals surface area contributed by atoms with E-state index in [1.807, 2.05) is 13.8 Å². The number of allylic oxidation sites excluding steroid dienone is 2. The molecule has 0 atom stereocenters. The van der Waals surface area contributed by atoms with Crippen LogP contribution in [0.5, 0.6) is 0 Å². The maximum atomic E-state index is 10.8. The third kappa shape index (κ3) is 4.56. The SMILES string of the molecule is COCC(=O)OC(C)=C(C)C. The van der Waals surface area contributed by atoms with Crippen LogP contribution < -0.4 is 0 Å². The van der Waals surface area contributed by atoms with Gasteiger partial charge in [0.15, 0.2) is 0 Å². The van der Waals surface area contributed by atoms with Crippen LogP contribution in [0.4, 0.5) is 0 Å². The number of ether oxygens (including phenoxy) is 2. The van der Waals surface area contributed by atoms with Crippen molar-refractivity contribution in [2.75, 3.05) is 13.7 Å². The van der Waals surface area contributed by atoms with E-state index in [2.05, 4.69) is 4.74 Å². The quantitative estimate of drug-likeness (QED) is 0.461. The third-order valence-corrected chi connectivity index (χ3v) is 1.23. The van der Waals surface area contributed by atoms with Gasteiger partial charge in [-0.3, -0.25) is 0 Å². The molecule has 0 saturated heterocycles. The first kappa shape index (κ1) is 10.2. The summed E-state index contributed by atoms with van der Waals surface area (Å²) in [6, 6.07) is 0. The smallest absolute Gasteiger partial charge is 0.337 e. The second kappa shape index (κ2) is 4.91. The summed E-state index contributed by atoms with van der Waals surface area (Å²) < 4.78 is 9.45. The van der Waals surface area contributed by atoms with Crippen molar-refractivity contribution in [1.29, 1.82) is 0 Å². The first-order valence-electron chi connectivity index (χ1n) is 3.41. The molecule has 0 saturated carbocycles. The van der Waals surface area contributed by atoms with Gasteiger partial charge in [-0.2, -0.15) is 0 Å². The van der Waals surface area contributed by atoms with Crippen molar-refractivity contribution < 1.29 is 14.3 Å². The Morgan fingerprint density at radius 3 is 2.18 bits per heavy atom. The van der Waals surface area contributed by atoms with Gasteiger partial charge in [-0.15, -0.1) is 0 Å². The van der Waals surface area contributed by atoms with Gasteiger partial charge >= 0.3 is 5.97 Å². The lowest BCUT2D eigenvalue weighted by Crippen LogP contribution is -2.10. The van der Waals surface area contributed by atoms with E-state index in [0.29, 0.717) is 5.76 Å². The van der Waals surface area contributed by atoms with Crippen molar-refractivity contribution in [3.8, 4) is 0 Å². The summed E-state index contributed by atoms with van der Waals surface area (Å²) in [5.41, 5.74) is 0.995. The van der Waals surface area contributed by atoms with Gasteiger partial charge in [0.05, 0.1) is 0 Å². The highest BCUT2D eigenvalue weighted by Crippen LogP contribution is 2.03. The normalized spacial score (nSPS) is 9.09. The highest BCUT2D eigenvalue weighted by molar-refractivity contribution is 5.71. The van der Waals surface area contributed by atoms with Crippen LogP contribution in [0.2, 0.25) is 0 Å². The van der Waals surface area contributed by atoms with Crippen LogP contribution >= 0.6 is 0 Å². The number of hydrogen-bond donors (Lipinski definition) is 0. The summed E-state index contributed by atoms with van der Waals surface area (Å²) in [5, 5.41) is 0. The zero-order chi connectivity index (χ0) is 8.85. The van der Waals surface area contributed by atoms with E-state index in [1.165, 1.54) is 7.11 Å². The molecular weight excluding hydrogens is 144 g/mol. The van der Waals surface area contributed by atoms with Crippen LogP contribution in [0.25, 0.3) is 0 Å². The lowest BCUT2D eigenvalue weighted by molar-refractivity contribution is -0.143. The Morgan fingerprint density at radius 2 is 1.82 bits per heavy atom. The minimum Gasteiger partial charge on any atom is -0.430 e. The zero-order valence-electron chi connectivity index (χ0n) is 7.43. The fraction of sp³-hybridized carbons (Fsp3) is 0.625. The van der Waals surface area contributed by atoms with Crippen molar-refractivity contribution in [3.63, 3.8) is 0 Å². The fourth-order valence-corrected chi connectivity index (χ4v) is 0.420. The lowest BCUT2D eigenvalue weighted by atomic mass is 10.3. The molecule has 0 amide bonds. The van der Waals surface area contributed by atoms with Crippen LogP contribution in [0, 0.1) is 0 Å².